The summed E-state index contributed by atoms with van der Waals surface area (Å²) in [6.45, 7) is 0.131. The van der Waals surface area contributed by atoms with E-state index in [2.05, 4.69) is 5.43 Å². The third kappa shape index (κ3) is 5.37. The number of anilines is 1. The number of allylic oxidation sites excluding steroid dienone is 2. The summed E-state index contributed by atoms with van der Waals surface area (Å²) in [6.07, 6.45) is 2.30. The summed E-state index contributed by atoms with van der Waals surface area (Å²) in [5, 5.41) is 13.3. The Kier molecular flexibility index (Phi) is 8.70. The number of hydrogen-bond acceptors (Lipinski definition) is 8. The van der Waals surface area contributed by atoms with Crippen LogP contribution in [-0.2, 0) is 31.1 Å². The number of amides is 4. The maximum Gasteiger partial charge on any atom is 0.260 e. The standard InChI is InChI=1S/C41H35Cl2N3O7/c1-52-25-11-8-23(9-12-25)41-31(38(49)46(40(41)51)44-33-17-10-24(42)18-32(33)43)20-30-27(36(41)28-14-13-26(53-2)19-34(28)47)15-16-29-35(30)39(50)45(37(29)48)21-22-6-4-3-5-7-22/h3-15,17-19,29-31,35-36,44,47H,16,20-21H2,1-2H3. The molecular weight excluding hydrogens is 717 g/mol. The van der Waals surface area contributed by atoms with Gasteiger partial charge in [0, 0.05) is 22.6 Å². The van der Waals surface area contributed by atoms with E-state index in [0.29, 0.717) is 33.2 Å². The van der Waals surface area contributed by atoms with E-state index in [1.54, 1.807) is 48.5 Å². The van der Waals surface area contributed by atoms with Crippen LogP contribution in [0.2, 0.25) is 10.0 Å². The van der Waals surface area contributed by atoms with Crippen molar-refractivity contribution in [2.24, 2.45) is 23.7 Å². The number of hydrogen-bond donors (Lipinski definition) is 2. The fourth-order valence-electron chi connectivity index (χ4n) is 9.07. The number of benzene rings is 4. The zero-order valence-electron chi connectivity index (χ0n) is 28.8. The van der Waals surface area contributed by atoms with Crippen LogP contribution in [0.25, 0.3) is 0 Å². The first-order valence-electron chi connectivity index (χ1n) is 17.3. The number of aromatic hydroxyl groups is 1. The number of hydrazine groups is 1. The number of carbonyl (C=O) groups excluding carboxylic acids is 4. The molecule has 2 aliphatic carbocycles. The van der Waals surface area contributed by atoms with Gasteiger partial charge in [-0.25, -0.2) is 0 Å². The van der Waals surface area contributed by atoms with Crippen molar-refractivity contribution >= 4 is 52.5 Å². The highest BCUT2D eigenvalue weighted by molar-refractivity contribution is 6.36. The highest BCUT2D eigenvalue weighted by Crippen LogP contribution is 2.65. The molecule has 4 aromatic carbocycles. The van der Waals surface area contributed by atoms with Crippen LogP contribution >= 0.6 is 23.2 Å². The molecule has 53 heavy (non-hydrogen) atoms. The van der Waals surface area contributed by atoms with Gasteiger partial charge in [-0.3, -0.25) is 29.5 Å². The Morgan fingerprint density at radius 3 is 2.23 bits per heavy atom. The third-order valence-corrected chi connectivity index (χ3v) is 12.0. The van der Waals surface area contributed by atoms with E-state index >= 15 is 4.79 Å². The lowest BCUT2D eigenvalue weighted by atomic mass is 9.49. The Morgan fingerprint density at radius 1 is 0.830 bits per heavy atom. The van der Waals surface area contributed by atoms with E-state index in [9.17, 15) is 19.5 Å². The molecule has 12 heteroatoms. The van der Waals surface area contributed by atoms with Crippen molar-refractivity contribution in [2.75, 3.05) is 19.6 Å². The normalized spacial score (nSPS) is 26.2. The van der Waals surface area contributed by atoms with Gasteiger partial charge in [-0.05, 0) is 66.3 Å². The van der Waals surface area contributed by atoms with Gasteiger partial charge in [0.05, 0.1) is 54.6 Å². The largest absolute Gasteiger partial charge is 0.508 e. The van der Waals surface area contributed by atoms with Gasteiger partial charge in [0.2, 0.25) is 11.8 Å². The minimum absolute atomic E-state index is 0.0990. The number of nitrogens with zero attached hydrogens (tertiary/aromatic N) is 2. The van der Waals surface area contributed by atoms with Gasteiger partial charge in [0.25, 0.3) is 11.8 Å². The molecule has 4 aromatic rings. The molecule has 0 aromatic heterocycles. The van der Waals surface area contributed by atoms with Crippen molar-refractivity contribution in [3.8, 4) is 17.2 Å². The molecule has 2 saturated heterocycles. The second-order valence-electron chi connectivity index (χ2n) is 13.9. The van der Waals surface area contributed by atoms with Crippen molar-refractivity contribution in [3.05, 3.63) is 129 Å². The number of nitrogens with one attached hydrogen (secondary N) is 1. The fraction of sp³-hybridized carbons (Fsp3) is 0.268. The van der Waals surface area contributed by atoms with Crippen LogP contribution in [0, 0.1) is 23.7 Å². The van der Waals surface area contributed by atoms with Gasteiger partial charge in [-0.2, -0.15) is 5.01 Å². The maximum absolute atomic E-state index is 15.4. The van der Waals surface area contributed by atoms with Crippen LogP contribution in [0.3, 0.4) is 0 Å². The van der Waals surface area contributed by atoms with Gasteiger partial charge in [0.15, 0.2) is 0 Å². The molecule has 6 unspecified atom stereocenters. The Bertz CT molecular complexity index is 2190. The van der Waals surface area contributed by atoms with Crippen LogP contribution < -0.4 is 14.9 Å². The smallest absolute Gasteiger partial charge is 0.260 e. The number of ether oxygens (including phenoxy) is 2. The molecule has 10 nitrogen and oxygen atoms in total. The molecule has 270 valence electrons. The molecule has 8 rings (SSSR count). The van der Waals surface area contributed by atoms with E-state index in [0.717, 1.165) is 10.6 Å². The Morgan fingerprint density at radius 2 is 1.55 bits per heavy atom. The number of imide groups is 2. The van der Waals surface area contributed by atoms with Gasteiger partial charge in [-0.15, -0.1) is 0 Å². The number of carbonyl (C=O) groups is 4. The molecule has 6 atom stereocenters. The summed E-state index contributed by atoms with van der Waals surface area (Å²) in [7, 11) is 3.02. The van der Waals surface area contributed by atoms with E-state index in [-0.39, 0.29) is 47.7 Å². The topological polar surface area (TPSA) is 125 Å². The number of methoxy groups -OCH3 is 2. The van der Waals surface area contributed by atoms with Crippen LogP contribution in [0.4, 0.5) is 5.69 Å². The summed E-state index contributed by atoms with van der Waals surface area (Å²) in [5.74, 6) is -4.81. The molecule has 4 aliphatic rings. The summed E-state index contributed by atoms with van der Waals surface area (Å²) < 4.78 is 10.9. The van der Waals surface area contributed by atoms with Gasteiger partial charge in [-0.1, -0.05) is 83.4 Å². The molecule has 0 spiro atoms. The lowest BCUT2D eigenvalue weighted by molar-refractivity contribution is -0.142. The second kappa shape index (κ2) is 13.3. The molecule has 2 aliphatic heterocycles. The number of rotatable bonds is 8. The van der Waals surface area contributed by atoms with E-state index in [1.165, 1.54) is 31.3 Å². The molecule has 0 radical (unpaired) electrons. The second-order valence-corrected chi connectivity index (χ2v) is 14.7. The van der Waals surface area contributed by atoms with Gasteiger partial charge >= 0.3 is 0 Å². The lowest BCUT2D eigenvalue weighted by Gasteiger charge is -2.50. The Balaban J connectivity index is 1.32. The average Bonchev–Trinajstić information content (AvgIpc) is 3.53. The van der Waals surface area contributed by atoms with Crippen molar-refractivity contribution in [2.45, 2.75) is 30.7 Å². The highest BCUT2D eigenvalue weighted by atomic mass is 35.5. The lowest BCUT2D eigenvalue weighted by Crippen LogP contribution is -2.53. The molecule has 2 N–H and O–H groups in total. The van der Waals surface area contributed by atoms with Crippen molar-refractivity contribution in [1.29, 1.82) is 0 Å². The predicted octanol–water partition coefficient (Wildman–Crippen LogP) is 6.90. The Hall–Kier alpha value is -5.32. The zero-order valence-corrected chi connectivity index (χ0v) is 30.3. The van der Waals surface area contributed by atoms with E-state index in [1.807, 2.05) is 36.4 Å². The van der Waals surface area contributed by atoms with Crippen LogP contribution in [0.1, 0.15) is 35.4 Å². The first-order chi connectivity index (χ1) is 25.6. The monoisotopic (exact) mass is 751 g/mol. The first-order valence-corrected chi connectivity index (χ1v) is 18.0. The quantitative estimate of drug-likeness (QED) is 0.147. The number of likely N-dealkylation sites (tertiary alicyclic amines) is 1. The summed E-state index contributed by atoms with van der Waals surface area (Å²) in [5.41, 5.74) is 4.10. The van der Waals surface area contributed by atoms with Crippen LogP contribution in [-0.4, -0.2) is 52.9 Å². The SMILES string of the molecule is COc1ccc(C23C(=O)N(Nc4ccc(Cl)cc4Cl)C(=O)C2CC2C(=CCC4C(=O)N(Cc5ccccc5)C(=O)C42)C3c2ccc(OC)cc2O)cc1. The van der Waals surface area contributed by atoms with Crippen molar-refractivity contribution in [3.63, 3.8) is 0 Å². The van der Waals surface area contributed by atoms with Gasteiger partial charge in [0.1, 0.15) is 17.2 Å². The minimum atomic E-state index is -1.61. The van der Waals surface area contributed by atoms with Gasteiger partial charge < -0.3 is 14.6 Å². The number of phenolic OH excluding ortho intramolecular Hbond substituents is 1. The third-order valence-electron chi connectivity index (χ3n) is 11.4. The van der Waals surface area contributed by atoms with Crippen molar-refractivity contribution < 1.29 is 33.8 Å². The van der Waals surface area contributed by atoms with Crippen LogP contribution in [0.15, 0.2) is 103 Å². The number of phenols is 1. The number of halogens is 2. The summed E-state index contributed by atoms with van der Waals surface area (Å²) in [6, 6.07) is 25.9. The molecule has 4 amide bonds. The predicted molar refractivity (Wildman–Crippen MR) is 197 cm³/mol. The van der Waals surface area contributed by atoms with Crippen LogP contribution in [0.5, 0.6) is 17.2 Å². The zero-order chi connectivity index (χ0) is 37.2. The summed E-state index contributed by atoms with van der Waals surface area (Å²) in [4.78, 5) is 60.0. The molecule has 3 fully saturated rings. The Labute approximate surface area is 315 Å². The highest BCUT2D eigenvalue weighted by Gasteiger charge is 2.70. The molecular formula is C41H35Cl2N3O7. The van der Waals surface area contributed by atoms with Crippen molar-refractivity contribution in [1.82, 2.24) is 9.91 Å². The summed E-state index contributed by atoms with van der Waals surface area (Å²) >= 11 is 12.7. The molecule has 2 heterocycles. The first kappa shape index (κ1) is 34.7. The minimum Gasteiger partial charge on any atom is -0.508 e. The molecule has 1 saturated carbocycles. The van der Waals surface area contributed by atoms with E-state index in [4.69, 9.17) is 32.7 Å². The fourth-order valence-corrected chi connectivity index (χ4v) is 9.52. The number of fused-ring (bicyclic) bond motifs is 4. The average molecular weight is 753 g/mol. The molecule has 0 bridgehead atoms. The maximum atomic E-state index is 15.4. The van der Waals surface area contributed by atoms with E-state index < -0.39 is 46.8 Å².